The molecule has 2 aliphatic rings. The SMILES string of the molecule is CCOc1cc2c(cc1OC)C(c1ccc(=O)[nH]c1)=N[C@@H]1CC[C@@H](OC(C)=O)C[C@H]21. The molecule has 0 radical (unpaired) electrons. The van der Waals surface area contributed by atoms with Gasteiger partial charge < -0.3 is 19.2 Å². The quantitative estimate of drug-likeness (QED) is 0.765. The molecule has 0 unspecified atom stereocenters. The average molecular weight is 410 g/mol. The summed E-state index contributed by atoms with van der Waals surface area (Å²) in [5.74, 6) is 1.19. The van der Waals surface area contributed by atoms with E-state index in [-0.39, 0.29) is 29.6 Å². The molecule has 3 atom stereocenters. The molecule has 1 aliphatic carbocycles. The molecule has 1 fully saturated rings. The van der Waals surface area contributed by atoms with Crippen LogP contribution in [0.1, 0.15) is 55.7 Å². The minimum Gasteiger partial charge on any atom is -0.493 e. The Bertz CT molecular complexity index is 1020. The number of H-pyrrole nitrogens is 1. The summed E-state index contributed by atoms with van der Waals surface area (Å²) in [4.78, 5) is 30.8. The smallest absolute Gasteiger partial charge is 0.302 e. The summed E-state index contributed by atoms with van der Waals surface area (Å²) < 4.78 is 16.9. The van der Waals surface area contributed by atoms with Crippen LogP contribution in [0.5, 0.6) is 11.5 Å². The van der Waals surface area contributed by atoms with Gasteiger partial charge >= 0.3 is 5.97 Å². The average Bonchev–Trinajstić information content (AvgIpc) is 2.73. The molecule has 7 nitrogen and oxygen atoms in total. The van der Waals surface area contributed by atoms with Crippen LogP contribution in [0.2, 0.25) is 0 Å². The number of benzene rings is 1. The number of esters is 1. The zero-order chi connectivity index (χ0) is 21.3. The molecule has 0 amide bonds. The number of carbonyl (C=O) groups is 1. The van der Waals surface area contributed by atoms with E-state index in [9.17, 15) is 9.59 Å². The van der Waals surface area contributed by atoms with E-state index in [1.807, 2.05) is 19.1 Å². The van der Waals surface area contributed by atoms with Crippen LogP contribution in [0.15, 0.2) is 40.2 Å². The fourth-order valence-corrected chi connectivity index (χ4v) is 4.49. The summed E-state index contributed by atoms with van der Waals surface area (Å²) in [6, 6.07) is 7.36. The Morgan fingerprint density at radius 3 is 2.73 bits per heavy atom. The van der Waals surface area contributed by atoms with Crippen molar-refractivity contribution < 1.29 is 19.0 Å². The first-order valence-corrected chi connectivity index (χ1v) is 10.3. The third kappa shape index (κ3) is 3.84. The number of nitrogens with one attached hydrogen (secondary N) is 1. The third-order valence-corrected chi connectivity index (χ3v) is 5.74. The van der Waals surface area contributed by atoms with Crippen molar-refractivity contribution in [2.24, 2.45) is 4.99 Å². The van der Waals surface area contributed by atoms with Crippen molar-refractivity contribution in [2.75, 3.05) is 13.7 Å². The van der Waals surface area contributed by atoms with Crippen LogP contribution in [-0.2, 0) is 9.53 Å². The minimum atomic E-state index is -0.253. The number of hydrogen-bond donors (Lipinski definition) is 1. The Balaban J connectivity index is 1.83. The summed E-state index contributed by atoms with van der Waals surface area (Å²) in [6.07, 6.45) is 3.91. The highest BCUT2D eigenvalue weighted by atomic mass is 16.5. The molecule has 158 valence electrons. The predicted octanol–water partition coefficient (Wildman–Crippen LogP) is 3.20. The molecule has 1 saturated carbocycles. The molecular formula is C23H26N2O5. The van der Waals surface area contributed by atoms with Crippen LogP contribution in [0.4, 0.5) is 0 Å². The van der Waals surface area contributed by atoms with Crippen LogP contribution >= 0.6 is 0 Å². The van der Waals surface area contributed by atoms with E-state index in [1.165, 1.54) is 13.0 Å². The van der Waals surface area contributed by atoms with Gasteiger partial charge in [0.1, 0.15) is 6.10 Å². The Morgan fingerprint density at radius 2 is 2.07 bits per heavy atom. The van der Waals surface area contributed by atoms with E-state index < -0.39 is 0 Å². The van der Waals surface area contributed by atoms with Gasteiger partial charge in [-0.15, -0.1) is 0 Å². The summed E-state index contributed by atoms with van der Waals surface area (Å²) in [7, 11) is 1.62. The van der Waals surface area contributed by atoms with Crippen molar-refractivity contribution >= 4 is 11.7 Å². The number of aromatic amines is 1. The highest BCUT2D eigenvalue weighted by Gasteiger charge is 2.38. The monoisotopic (exact) mass is 410 g/mol. The minimum absolute atomic E-state index is 0.0779. The molecule has 1 N–H and O–H groups in total. The lowest BCUT2D eigenvalue weighted by Crippen LogP contribution is -2.36. The lowest BCUT2D eigenvalue weighted by Gasteiger charge is -2.38. The maximum Gasteiger partial charge on any atom is 0.302 e. The maximum absolute atomic E-state index is 11.5. The van der Waals surface area contributed by atoms with Gasteiger partial charge in [-0.1, -0.05) is 0 Å². The van der Waals surface area contributed by atoms with Crippen LogP contribution in [0, 0.1) is 0 Å². The second kappa shape index (κ2) is 8.34. The first-order valence-electron chi connectivity index (χ1n) is 10.3. The highest BCUT2D eigenvalue weighted by Crippen LogP contribution is 2.45. The van der Waals surface area contributed by atoms with Gasteiger partial charge in [0.2, 0.25) is 5.56 Å². The number of aromatic nitrogens is 1. The molecule has 4 rings (SSSR count). The largest absolute Gasteiger partial charge is 0.493 e. The Labute approximate surface area is 175 Å². The van der Waals surface area contributed by atoms with E-state index >= 15 is 0 Å². The Kier molecular flexibility index (Phi) is 5.61. The van der Waals surface area contributed by atoms with Gasteiger partial charge in [0.15, 0.2) is 11.5 Å². The van der Waals surface area contributed by atoms with Crippen molar-refractivity contribution in [2.45, 2.75) is 51.2 Å². The standard InChI is InChI=1S/C23H26N2O5/c1-4-29-21-10-16-17-9-15(30-13(2)26)6-7-19(17)25-23(18(16)11-20(21)28-3)14-5-8-22(27)24-12-14/h5,8,10-12,15,17,19H,4,6-7,9H2,1-3H3,(H,24,27)/t15-,17-,19-/m1/s1. The first-order chi connectivity index (χ1) is 14.5. The van der Waals surface area contributed by atoms with Gasteiger partial charge in [-0.05, 0) is 49.9 Å². The Morgan fingerprint density at radius 1 is 1.23 bits per heavy atom. The van der Waals surface area contributed by atoms with Crippen LogP contribution in [0.3, 0.4) is 0 Å². The van der Waals surface area contributed by atoms with Gasteiger partial charge in [0.05, 0.1) is 25.5 Å². The molecule has 1 aromatic heterocycles. The van der Waals surface area contributed by atoms with Gasteiger partial charge in [-0.3, -0.25) is 14.6 Å². The van der Waals surface area contributed by atoms with Crippen molar-refractivity contribution in [3.05, 3.63) is 57.5 Å². The van der Waals surface area contributed by atoms with Gasteiger partial charge in [-0.25, -0.2) is 0 Å². The molecular weight excluding hydrogens is 384 g/mol. The molecule has 0 saturated heterocycles. The first kappa shape index (κ1) is 20.2. The van der Waals surface area contributed by atoms with Crippen LogP contribution in [0.25, 0.3) is 0 Å². The summed E-state index contributed by atoms with van der Waals surface area (Å²) >= 11 is 0. The highest BCUT2D eigenvalue weighted by molar-refractivity contribution is 6.14. The molecule has 2 aromatic rings. The molecule has 2 heterocycles. The summed E-state index contributed by atoms with van der Waals surface area (Å²) in [6.45, 7) is 3.91. The van der Waals surface area contributed by atoms with Crippen molar-refractivity contribution in [1.29, 1.82) is 0 Å². The van der Waals surface area contributed by atoms with E-state index in [0.29, 0.717) is 18.1 Å². The second-order valence-electron chi connectivity index (χ2n) is 7.66. The van der Waals surface area contributed by atoms with Gasteiger partial charge in [0, 0.05) is 36.2 Å². The van der Waals surface area contributed by atoms with Gasteiger partial charge in [-0.2, -0.15) is 0 Å². The van der Waals surface area contributed by atoms with Crippen molar-refractivity contribution in [3.8, 4) is 11.5 Å². The number of nitrogens with zero attached hydrogens (tertiary/aromatic N) is 1. The number of carbonyl (C=O) groups excluding carboxylic acids is 1. The lowest BCUT2D eigenvalue weighted by molar-refractivity contribution is -0.148. The fraction of sp³-hybridized carbons (Fsp3) is 0.435. The second-order valence-corrected chi connectivity index (χ2v) is 7.66. The summed E-state index contributed by atoms with van der Waals surface area (Å²) in [5.41, 5.74) is 3.58. The fourth-order valence-electron chi connectivity index (χ4n) is 4.49. The molecule has 7 heteroatoms. The zero-order valence-corrected chi connectivity index (χ0v) is 17.4. The number of aliphatic imine (C=N–C) groups is 1. The number of methoxy groups -OCH3 is 1. The number of hydrogen-bond acceptors (Lipinski definition) is 6. The predicted molar refractivity (Wildman–Crippen MR) is 113 cm³/mol. The normalized spacial score (nSPS) is 22.4. The molecule has 0 spiro atoms. The topological polar surface area (TPSA) is 90.0 Å². The third-order valence-electron chi connectivity index (χ3n) is 5.74. The Hall–Kier alpha value is -3.09. The molecule has 30 heavy (non-hydrogen) atoms. The van der Waals surface area contributed by atoms with Crippen LogP contribution < -0.4 is 15.0 Å². The molecule has 1 aromatic carbocycles. The number of ether oxygens (including phenoxy) is 3. The number of rotatable bonds is 5. The maximum atomic E-state index is 11.5. The summed E-state index contributed by atoms with van der Waals surface area (Å²) in [5, 5.41) is 0. The van der Waals surface area contributed by atoms with E-state index in [2.05, 4.69) is 4.98 Å². The number of pyridine rings is 1. The molecule has 0 bridgehead atoms. The van der Waals surface area contributed by atoms with E-state index in [0.717, 1.165) is 41.7 Å². The molecule has 1 aliphatic heterocycles. The van der Waals surface area contributed by atoms with E-state index in [4.69, 9.17) is 19.2 Å². The lowest BCUT2D eigenvalue weighted by atomic mass is 9.74. The van der Waals surface area contributed by atoms with Crippen LogP contribution in [-0.4, -0.2) is 42.5 Å². The zero-order valence-electron chi connectivity index (χ0n) is 17.4. The van der Waals surface area contributed by atoms with E-state index in [1.54, 1.807) is 19.4 Å². The van der Waals surface area contributed by atoms with Gasteiger partial charge in [0.25, 0.3) is 0 Å². The van der Waals surface area contributed by atoms with Crippen molar-refractivity contribution in [1.82, 2.24) is 4.98 Å². The number of fused-ring (bicyclic) bond motifs is 3. The van der Waals surface area contributed by atoms with Crippen molar-refractivity contribution in [3.63, 3.8) is 0 Å².